The monoisotopic (exact) mass is 280 g/mol. The van der Waals surface area contributed by atoms with Crippen molar-refractivity contribution in [3.63, 3.8) is 0 Å². The van der Waals surface area contributed by atoms with Crippen molar-refractivity contribution < 1.29 is 0 Å². The zero-order chi connectivity index (χ0) is 11.2. The van der Waals surface area contributed by atoms with Gasteiger partial charge in [0.25, 0.3) is 0 Å². The summed E-state index contributed by atoms with van der Waals surface area (Å²) < 4.78 is 2.85. The van der Waals surface area contributed by atoms with Gasteiger partial charge in [-0.15, -0.1) is 0 Å². The Bertz CT molecular complexity index is 530. The molecule has 1 fully saturated rings. The van der Waals surface area contributed by atoms with Gasteiger partial charge in [-0.1, -0.05) is 0 Å². The molecule has 0 unspecified atom stereocenters. The fraction of sp³-hybridized carbons (Fsp3) is 0.455. The Morgan fingerprint density at radius 3 is 3.06 bits per heavy atom. The van der Waals surface area contributed by atoms with E-state index < -0.39 is 0 Å². The number of aryl methyl sites for hydroxylation is 1. The summed E-state index contributed by atoms with van der Waals surface area (Å²) in [5, 5.41) is 0. The Balaban J connectivity index is 1.82. The van der Waals surface area contributed by atoms with Crippen LogP contribution in [0.5, 0.6) is 0 Å². The number of imidazole rings is 1. The first kappa shape index (κ1) is 10.2. The van der Waals surface area contributed by atoms with E-state index in [0.29, 0.717) is 0 Å². The quantitative estimate of drug-likeness (QED) is 0.935. The van der Waals surface area contributed by atoms with Crippen molar-refractivity contribution in [2.24, 2.45) is 5.73 Å². The molecule has 0 atom stereocenters. The third-order valence-electron chi connectivity index (χ3n) is 3.16. The minimum Gasteiger partial charge on any atom is -0.325 e. The molecule has 0 aromatic carbocycles. The first-order valence-electron chi connectivity index (χ1n) is 5.44. The van der Waals surface area contributed by atoms with Crippen molar-refractivity contribution >= 4 is 21.7 Å². The number of rotatable bonds is 3. The van der Waals surface area contributed by atoms with E-state index in [2.05, 4.69) is 25.9 Å². The lowest BCUT2D eigenvalue weighted by Crippen LogP contribution is -2.22. The molecule has 5 heteroatoms. The van der Waals surface area contributed by atoms with Crippen molar-refractivity contribution in [1.82, 2.24) is 14.4 Å². The summed E-state index contributed by atoms with van der Waals surface area (Å²) in [5.74, 6) is 0.742. The van der Waals surface area contributed by atoms with Gasteiger partial charge in [-0.25, -0.2) is 9.97 Å². The Hall–Kier alpha value is -0.940. The maximum atomic E-state index is 6.06. The van der Waals surface area contributed by atoms with Crippen LogP contribution in [0.2, 0.25) is 0 Å². The molecule has 84 valence electrons. The van der Waals surface area contributed by atoms with Crippen LogP contribution in [0.4, 0.5) is 0 Å². The van der Waals surface area contributed by atoms with E-state index >= 15 is 0 Å². The van der Waals surface area contributed by atoms with Crippen molar-refractivity contribution in [1.29, 1.82) is 0 Å². The summed E-state index contributed by atoms with van der Waals surface area (Å²) in [6.07, 6.45) is 8.03. The van der Waals surface area contributed by atoms with E-state index in [1.165, 1.54) is 0 Å². The van der Waals surface area contributed by atoms with E-state index in [9.17, 15) is 0 Å². The van der Waals surface area contributed by atoms with Crippen LogP contribution in [-0.2, 0) is 6.42 Å². The molecule has 0 spiro atoms. The molecule has 2 aromatic heterocycles. The highest BCUT2D eigenvalue weighted by molar-refractivity contribution is 9.10. The molecule has 4 nitrogen and oxygen atoms in total. The van der Waals surface area contributed by atoms with E-state index in [-0.39, 0.29) is 5.54 Å². The normalized spacial score (nSPS) is 17.9. The Labute approximate surface area is 102 Å². The van der Waals surface area contributed by atoms with Crippen molar-refractivity contribution in [3.8, 4) is 0 Å². The molecule has 0 amide bonds. The molecular weight excluding hydrogens is 268 g/mol. The standard InChI is InChI=1S/C11H13BrN4/c12-9-7-14-10-15-8(2-6-16(9)10)1-3-11(13)4-5-11/h2,6-7H,1,3-5,13H2. The van der Waals surface area contributed by atoms with Gasteiger partial charge >= 0.3 is 0 Å². The average molecular weight is 281 g/mol. The van der Waals surface area contributed by atoms with Crippen LogP contribution in [0.15, 0.2) is 23.1 Å². The predicted octanol–water partition coefficient (Wildman–Crippen LogP) is 1.92. The lowest BCUT2D eigenvalue weighted by Gasteiger charge is -2.07. The number of aromatic nitrogens is 3. The van der Waals surface area contributed by atoms with E-state index in [4.69, 9.17) is 5.73 Å². The molecule has 0 radical (unpaired) electrons. The molecule has 0 bridgehead atoms. The molecular formula is C11H13BrN4. The van der Waals surface area contributed by atoms with Crippen LogP contribution in [0.3, 0.4) is 0 Å². The molecule has 2 heterocycles. The third kappa shape index (κ3) is 1.85. The van der Waals surface area contributed by atoms with E-state index in [0.717, 1.165) is 41.8 Å². The molecule has 2 N–H and O–H groups in total. The summed E-state index contributed by atoms with van der Waals surface area (Å²) in [5.41, 5.74) is 7.23. The van der Waals surface area contributed by atoms with Gasteiger partial charge in [-0.05, 0) is 47.7 Å². The van der Waals surface area contributed by atoms with Gasteiger partial charge in [0.05, 0.1) is 6.20 Å². The lowest BCUT2D eigenvalue weighted by molar-refractivity contribution is 0.603. The lowest BCUT2D eigenvalue weighted by atomic mass is 10.1. The van der Waals surface area contributed by atoms with Crippen LogP contribution in [0.1, 0.15) is 25.0 Å². The number of fused-ring (bicyclic) bond motifs is 1. The zero-order valence-corrected chi connectivity index (χ0v) is 10.4. The van der Waals surface area contributed by atoms with Crippen LogP contribution in [0.25, 0.3) is 5.78 Å². The second-order valence-electron chi connectivity index (χ2n) is 4.53. The SMILES string of the molecule is NC1(CCc2ccn3c(Br)cnc3n2)CC1. The van der Waals surface area contributed by atoms with Gasteiger partial charge in [-0.2, -0.15) is 0 Å². The molecule has 16 heavy (non-hydrogen) atoms. The van der Waals surface area contributed by atoms with Crippen LogP contribution in [0, 0.1) is 0 Å². The number of halogens is 1. The second-order valence-corrected chi connectivity index (χ2v) is 5.34. The van der Waals surface area contributed by atoms with Gasteiger partial charge in [0.1, 0.15) is 4.60 Å². The Morgan fingerprint density at radius 1 is 1.50 bits per heavy atom. The number of nitrogens with zero attached hydrogens (tertiary/aromatic N) is 3. The fourth-order valence-electron chi connectivity index (χ4n) is 1.80. The predicted molar refractivity (Wildman–Crippen MR) is 65.2 cm³/mol. The summed E-state index contributed by atoms with van der Waals surface area (Å²) in [7, 11) is 0. The summed E-state index contributed by atoms with van der Waals surface area (Å²) in [6, 6.07) is 2.03. The minimum absolute atomic E-state index is 0.101. The molecule has 2 aromatic rings. The maximum absolute atomic E-state index is 6.06. The highest BCUT2D eigenvalue weighted by atomic mass is 79.9. The smallest absolute Gasteiger partial charge is 0.234 e. The molecule has 1 aliphatic carbocycles. The van der Waals surface area contributed by atoms with Crippen LogP contribution >= 0.6 is 15.9 Å². The van der Waals surface area contributed by atoms with E-state index in [1.54, 1.807) is 6.20 Å². The highest BCUT2D eigenvalue weighted by Gasteiger charge is 2.37. The summed E-state index contributed by atoms with van der Waals surface area (Å²) in [6.45, 7) is 0. The molecule has 3 rings (SSSR count). The van der Waals surface area contributed by atoms with Crippen molar-refractivity contribution in [2.45, 2.75) is 31.2 Å². The Morgan fingerprint density at radius 2 is 2.31 bits per heavy atom. The van der Waals surface area contributed by atoms with Gasteiger partial charge in [0.15, 0.2) is 0 Å². The molecule has 0 saturated heterocycles. The van der Waals surface area contributed by atoms with E-state index in [1.807, 2.05) is 16.7 Å². The zero-order valence-electron chi connectivity index (χ0n) is 8.86. The second kappa shape index (κ2) is 3.53. The first-order valence-corrected chi connectivity index (χ1v) is 6.23. The van der Waals surface area contributed by atoms with Crippen molar-refractivity contribution in [2.75, 3.05) is 0 Å². The molecule has 0 aliphatic heterocycles. The fourth-order valence-corrected chi connectivity index (χ4v) is 2.18. The molecule has 1 aliphatic rings. The Kier molecular flexibility index (Phi) is 2.26. The largest absolute Gasteiger partial charge is 0.325 e. The average Bonchev–Trinajstić information content (AvgIpc) is 2.91. The van der Waals surface area contributed by atoms with Crippen LogP contribution in [-0.4, -0.2) is 19.9 Å². The highest BCUT2D eigenvalue weighted by Crippen LogP contribution is 2.36. The molecule has 1 saturated carbocycles. The number of hydrogen-bond acceptors (Lipinski definition) is 3. The maximum Gasteiger partial charge on any atom is 0.234 e. The third-order valence-corrected chi connectivity index (χ3v) is 3.75. The summed E-state index contributed by atoms with van der Waals surface area (Å²) in [4.78, 5) is 8.71. The van der Waals surface area contributed by atoms with Gasteiger partial charge in [0, 0.05) is 17.4 Å². The number of hydrogen-bond donors (Lipinski definition) is 1. The van der Waals surface area contributed by atoms with Crippen molar-refractivity contribution in [3.05, 3.63) is 28.8 Å². The number of nitrogens with two attached hydrogens (primary N) is 1. The van der Waals surface area contributed by atoms with Gasteiger partial charge in [0.2, 0.25) is 5.78 Å². The minimum atomic E-state index is 0.101. The summed E-state index contributed by atoms with van der Waals surface area (Å²) >= 11 is 3.41. The first-order chi connectivity index (χ1) is 7.66. The van der Waals surface area contributed by atoms with Crippen LogP contribution < -0.4 is 5.73 Å². The topological polar surface area (TPSA) is 56.2 Å². The van der Waals surface area contributed by atoms with Gasteiger partial charge in [-0.3, -0.25) is 4.40 Å². The van der Waals surface area contributed by atoms with Gasteiger partial charge < -0.3 is 5.73 Å².